The maximum atomic E-state index is 11.9. The molecule has 0 radical (unpaired) electrons. The average Bonchev–Trinajstić information content (AvgIpc) is 3.10. The van der Waals surface area contributed by atoms with Crippen molar-refractivity contribution < 1.29 is 24.2 Å². The fourth-order valence-electron chi connectivity index (χ4n) is 1.42. The molecule has 8 heteroatoms. The van der Waals surface area contributed by atoms with Gasteiger partial charge >= 0.3 is 12.2 Å². The zero-order chi connectivity index (χ0) is 14.9. The highest BCUT2D eigenvalue weighted by Crippen LogP contribution is 2.28. The number of imide groups is 1. The lowest BCUT2D eigenvalue weighted by Gasteiger charge is -2.23. The zero-order valence-corrected chi connectivity index (χ0v) is 11.4. The van der Waals surface area contributed by atoms with Crippen LogP contribution in [0.2, 0.25) is 0 Å². The number of amides is 2. The molecule has 0 saturated carbocycles. The molecule has 2 amide bonds. The van der Waals surface area contributed by atoms with E-state index in [1.54, 1.807) is 26.8 Å². The molecule has 1 aromatic heterocycles. The van der Waals surface area contributed by atoms with Crippen molar-refractivity contribution in [1.29, 1.82) is 0 Å². The van der Waals surface area contributed by atoms with Crippen molar-refractivity contribution in [3.05, 3.63) is 17.8 Å². The first kappa shape index (κ1) is 14.2. The second-order valence-electron chi connectivity index (χ2n) is 5.24. The molecule has 108 valence electrons. The number of nitrogens with zero attached hydrogens (tertiary/aromatic N) is 3. The van der Waals surface area contributed by atoms with Crippen LogP contribution in [0.25, 0.3) is 0 Å². The Labute approximate surface area is 115 Å². The summed E-state index contributed by atoms with van der Waals surface area (Å²) in [6, 6.07) is 2.96. The summed E-state index contributed by atoms with van der Waals surface area (Å²) in [5.41, 5.74) is -0.205. The third-order valence-corrected chi connectivity index (χ3v) is 2.33. The van der Waals surface area contributed by atoms with E-state index in [4.69, 9.17) is 14.6 Å². The van der Waals surface area contributed by atoms with Gasteiger partial charge in [0, 0.05) is 0 Å². The van der Waals surface area contributed by atoms with E-state index in [9.17, 15) is 9.59 Å². The summed E-state index contributed by atoms with van der Waals surface area (Å²) in [4.78, 5) is 23.5. The SMILES string of the molecule is CC(C)(C)OC(=O)N(C(=O)O)c1ccc(C2CO2)nn1. The molecule has 1 aliphatic rings. The largest absolute Gasteiger partial charge is 0.464 e. The highest BCUT2D eigenvalue weighted by molar-refractivity contribution is 6.07. The number of hydrogen-bond acceptors (Lipinski definition) is 6. The van der Waals surface area contributed by atoms with Gasteiger partial charge in [0.1, 0.15) is 11.7 Å². The van der Waals surface area contributed by atoms with Gasteiger partial charge in [-0.15, -0.1) is 5.10 Å². The Morgan fingerprint density at radius 3 is 2.45 bits per heavy atom. The highest BCUT2D eigenvalue weighted by atomic mass is 16.6. The van der Waals surface area contributed by atoms with Gasteiger partial charge in [-0.05, 0) is 32.9 Å². The van der Waals surface area contributed by atoms with E-state index < -0.39 is 17.8 Å². The molecule has 2 rings (SSSR count). The molecule has 1 atom stereocenters. The third-order valence-electron chi connectivity index (χ3n) is 2.33. The number of ether oxygens (including phenoxy) is 2. The van der Waals surface area contributed by atoms with Crippen LogP contribution in [0.1, 0.15) is 32.6 Å². The second-order valence-corrected chi connectivity index (χ2v) is 5.24. The van der Waals surface area contributed by atoms with Crippen LogP contribution in [0.15, 0.2) is 12.1 Å². The van der Waals surface area contributed by atoms with Gasteiger partial charge in [-0.2, -0.15) is 10.00 Å². The highest BCUT2D eigenvalue weighted by Gasteiger charge is 2.31. The van der Waals surface area contributed by atoms with Gasteiger partial charge < -0.3 is 14.6 Å². The molecule has 0 bridgehead atoms. The topological polar surface area (TPSA) is 105 Å². The van der Waals surface area contributed by atoms with E-state index in [1.165, 1.54) is 6.07 Å². The maximum absolute atomic E-state index is 11.9. The van der Waals surface area contributed by atoms with Crippen LogP contribution in [-0.4, -0.2) is 39.7 Å². The number of carboxylic acid groups (broad SMARTS) is 1. The average molecular weight is 281 g/mol. The maximum Gasteiger partial charge on any atom is 0.425 e. The van der Waals surface area contributed by atoms with Gasteiger partial charge in [0.15, 0.2) is 5.82 Å². The molecule has 1 aliphatic heterocycles. The Bertz CT molecular complexity index is 519. The monoisotopic (exact) mass is 281 g/mol. The van der Waals surface area contributed by atoms with Gasteiger partial charge in [-0.3, -0.25) is 0 Å². The van der Waals surface area contributed by atoms with E-state index >= 15 is 0 Å². The number of carbonyl (C=O) groups is 2. The molecule has 8 nitrogen and oxygen atoms in total. The lowest BCUT2D eigenvalue weighted by Crippen LogP contribution is -2.40. The van der Waals surface area contributed by atoms with Crippen molar-refractivity contribution in [2.24, 2.45) is 0 Å². The molecule has 1 aromatic rings. The van der Waals surface area contributed by atoms with Crippen molar-refractivity contribution in [2.45, 2.75) is 32.5 Å². The Hall–Kier alpha value is -2.22. The first-order chi connectivity index (χ1) is 9.28. The molecule has 20 heavy (non-hydrogen) atoms. The number of carbonyl (C=O) groups excluding carboxylic acids is 1. The smallest absolute Gasteiger partial charge is 0.425 e. The van der Waals surface area contributed by atoms with E-state index in [0.717, 1.165) is 0 Å². The third kappa shape index (κ3) is 3.41. The summed E-state index contributed by atoms with van der Waals surface area (Å²) >= 11 is 0. The van der Waals surface area contributed by atoms with Gasteiger partial charge in [0.2, 0.25) is 0 Å². The molecule has 2 heterocycles. The Morgan fingerprint density at radius 1 is 1.40 bits per heavy atom. The van der Waals surface area contributed by atoms with Crippen LogP contribution in [-0.2, 0) is 9.47 Å². The summed E-state index contributed by atoms with van der Waals surface area (Å²) in [6.45, 7) is 5.50. The standard InChI is InChI=1S/C12H15N3O5/c1-12(2,3)20-11(18)15(10(16)17)9-5-4-7(13-14-9)8-6-19-8/h4-5,8H,6H2,1-3H3,(H,16,17). The molecule has 1 fully saturated rings. The van der Waals surface area contributed by atoms with Gasteiger partial charge in [-0.1, -0.05) is 0 Å². The van der Waals surface area contributed by atoms with Crippen LogP contribution in [0.3, 0.4) is 0 Å². The molecule has 0 aromatic carbocycles. The Kier molecular flexibility index (Phi) is 3.58. The molecule has 1 saturated heterocycles. The molecule has 1 unspecified atom stereocenters. The van der Waals surface area contributed by atoms with Crippen LogP contribution >= 0.6 is 0 Å². The lowest BCUT2D eigenvalue weighted by atomic mass is 10.2. The number of anilines is 1. The minimum absolute atomic E-state index is 0.0867. The van der Waals surface area contributed by atoms with Crippen molar-refractivity contribution >= 4 is 18.0 Å². The lowest BCUT2D eigenvalue weighted by molar-refractivity contribution is 0.0580. The second kappa shape index (κ2) is 5.04. The van der Waals surface area contributed by atoms with E-state index in [2.05, 4.69) is 10.2 Å². The number of hydrogen-bond donors (Lipinski definition) is 1. The van der Waals surface area contributed by atoms with E-state index in [0.29, 0.717) is 17.2 Å². The van der Waals surface area contributed by atoms with E-state index in [-0.39, 0.29) is 11.9 Å². The summed E-state index contributed by atoms with van der Waals surface area (Å²) in [6.07, 6.45) is -2.59. The van der Waals surface area contributed by atoms with Crippen LogP contribution in [0, 0.1) is 0 Å². The van der Waals surface area contributed by atoms with Gasteiger partial charge in [0.25, 0.3) is 0 Å². The molecular weight excluding hydrogens is 266 g/mol. The summed E-state index contributed by atoms with van der Waals surface area (Å²) in [7, 11) is 0. The van der Waals surface area contributed by atoms with Crippen LogP contribution < -0.4 is 4.90 Å². The van der Waals surface area contributed by atoms with Crippen molar-refractivity contribution in [1.82, 2.24) is 10.2 Å². The van der Waals surface area contributed by atoms with E-state index in [1.807, 2.05) is 0 Å². The summed E-state index contributed by atoms with van der Waals surface area (Å²) in [5.74, 6) is -0.115. The zero-order valence-electron chi connectivity index (χ0n) is 11.4. The Balaban J connectivity index is 2.19. The first-order valence-electron chi connectivity index (χ1n) is 5.99. The number of rotatable bonds is 2. The van der Waals surface area contributed by atoms with Crippen LogP contribution in [0.4, 0.5) is 15.4 Å². The molecular formula is C12H15N3O5. The normalized spacial score (nSPS) is 17.4. The Morgan fingerprint density at radius 2 is 2.05 bits per heavy atom. The predicted molar refractivity (Wildman–Crippen MR) is 67.5 cm³/mol. The fourth-order valence-corrected chi connectivity index (χ4v) is 1.42. The molecule has 0 aliphatic carbocycles. The fraction of sp³-hybridized carbons (Fsp3) is 0.500. The van der Waals surface area contributed by atoms with Crippen LogP contribution in [0.5, 0.6) is 0 Å². The van der Waals surface area contributed by atoms with Crippen molar-refractivity contribution in [3.63, 3.8) is 0 Å². The summed E-state index contributed by atoms with van der Waals surface area (Å²) < 4.78 is 10.1. The molecule has 0 spiro atoms. The molecule has 1 N–H and O–H groups in total. The summed E-state index contributed by atoms with van der Waals surface area (Å²) in [5, 5.41) is 16.7. The first-order valence-corrected chi connectivity index (χ1v) is 5.99. The van der Waals surface area contributed by atoms with Crippen molar-refractivity contribution in [3.8, 4) is 0 Å². The number of epoxide rings is 1. The van der Waals surface area contributed by atoms with Crippen molar-refractivity contribution in [2.75, 3.05) is 11.5 Å². The minimum Gasteiger partial charge on any atom is -0.464 e. The van der Waals surface area contributed by atoms with Gasteiger partial charge in [-0.25, -0.2) is 9.59 Å². The quantitative estimate of drug-likeness (QED) is 0.826. The van der Waals surface area contributed by atoms with Gasteiger partial charge in [0.05, 0.1) is 12.3 Å². The predicted octanol–water partition coefficient (Wildman–Crippen LogP) is 1.97. The number of aromatic nitrogens is 2. The minimum atomic E-state index is -1.48.